The number of aromatic amines is 1. The molecule has 0 bridgehead atoms. The van der Waals surface area contributed by atoms with Crippen LogP contribution in [0.1, 0.15) is 36.2 Å². The van der Waals surface area contributed by atoms with Gasteiger partial charge in [0, 0.05) is 5.92 Å². The minimum absolute atomic E-state index is 0.0553. The zero-order valence-electron chi connectivity index (χ0n) is 10.4. The van der Waals surface area contributed by atoms with Crippen LogP contribution in [0.15, 0.2) is 18.2 Å². The van der Waals surface area contributed by atoms with E-state index < -0.39 is 5.91 Å². The second-order valence-electron chi connectivity index (χ2n) is 4.25. The summed E-state index contributed by atoms with van der Waals surface area (Å²) in [4.78, 5) is 16.1. The van der Waals surface area contributed by atoms with Crippen LogP contribution < -0.4 is 5.32 Å². The van der Waals surface area contributed by atoms with Gasteiger partial charge >= 0.3 is 0 Å². The summed E-state index contributed by atoms with van der Waals surface area (Å²) in [6.45, 7) is 3.90. The number of halogens is 2. The molecule has 0 radical (unpaired) electrons. The summed E-state index contributed by atoms with van der Waals surface area (Å²) in [7, 11) is 0. The molecule has 2 aromatic rings. The van der Waals surface area contributed by atoms with Gasteiger partial charge in [-0.1, -0.05) is 43.1 Å². The Hall–Kier alpha value is -1.59. The number of carbonyl (C=O) groups excluding carboxylic acids is 1. The molecular weight excluding hydrogens is 287 g/mol. The van der Waals surface area contributed by atoms with Gasteiger partial charge in [0.25, 0.3) is 5.91 Å². The van der Waals surface area contributed by atoms with E-state index in [4.69, 9.17) is 23.2 Å². The van der Waals surface area contributed by atoms with Crippen LogP contribution in [0.4, 0.5) is 5.69 Å². The summed E-state index contributed by atoms with van der Waals surface area (Å²) in [6.07, 6.45) is 0. The number of nitrogens with zero attached hydrogens (tertiary/aromatic N) is 2. The van der Waals surface area contributed by atoms with Crippen LogP contribution in [0.3, 0.4) is 0 Å². The fourth-order valence-electron chi connectivity index (χ4n) is 1.42. The number of rotatable bonds is 3. The van der Waals surface area contributed by atoms with Crippen LogP contribution in [0.2, 0.25) is 10.0 Å². The van der Waals surface area contributed by atoms with Gasteiger partial charge in [-0.25, -0.2) is 4.98 Å². The lowest BCUT2D eigenvalue weighted by Gasteiger charge is -2.06. The van der Waals surface area contributed by atoms with Crippen molar-refractivity contribution in [2.45, 2.75) is 19.8 Å². The van der Waals surface area contributed by atoms with Crippen molar-refractivity contribution in [3.63, 3.8) is 0 Å². The maximum absolute atomic E-state index is 12.0. The lowest BCUT2D eigenvalue weighted by Crippen LogP contribution is -2.14. The van der Waals surface area contributed by atoms with Gasteiger partial charge in [0.1, 0.15) is 5.82 Å². The molecule has 19 heavy (non-hydrogen) atoms. The molecule has 0 aliphatic heterocycles. The molecule has 2 rings (SSSR count). The number of benzene rings is 1. The molecule has 0 saturated carbocycles. The van der Waals surface area contributed by atoms with Crippen molar-refractivity contribution in [2.24, 2.45) is 0 Å². The van der Waals surface area contributed by atoms with Crippen molar-refractivity contribution in [3.8, 4) is 0 Å². The van der Waals surface area contributed by atoms with Gasteiger partial charge in [-0.05, 0) is 12.1 Å². The number of carbonyl (C=O) groups is 1. The summed E-state index contributed by atoms with van der Waals surface area (Å²) in [5.74, 6) is 0.409. The van der Waals surface area contributed by atoms with Gasteiger partial charge in [-0.15, -0.1) is 5.10 Å². The van der Waals surface area contributed by atoms with Gasteiger partial charge in [0.15, 0.2) is 0 Å². The van der Waals surface area contributed by atoms with Crippen LogP contribution in [0.5, 0.6) is 0 Å². The molecule has 1 amide bonds. The van der Waals surface area contributed by atoms with Crippen LogP contribution in [0.25, 0.3) is 0 Å². The van der Waals surface area contributed by atoms with Crippen molar-refractivity contribution < 1.29 is 4.79 Å². The lowest BCUT2D eigenvalue weighted by atomic mass is 10.2. The molecule has 5 nitrogen and oxygen atoms in total. The van der Waals surface area contributed by atoms with Crippen LogP contribution in [0, 0.1) is 0 Å². The number of aromatic nitrogens is 3. The fourth-order valence-corrected chi connectivity index (χ4v) is 1.91. The zero-order valence-corrected chi connectivity index (χ0v) is 11.9. The third-order valence-corrected chi connectivity index (χ3v) is 3.08. The highest BCUT2D eigenvalue weighted by Crippen LogP contribution is 2.29. The summed E-state index contributed by atoms with van der Waals surface area (Å²) < 4.78 is 0. The first-order valence-corrected chi connectivity index (χ1v) is 6.42. The first kappa shape index (κ1) is 13.8. The number of anilines is 1. The predicted molar refractivity (Wildman–Crippen MR) is 74.9 cm³/mol. The molecule has 7 heteroatoms. The molecule has 2 N–H and O–H groups in total. The maximum Gasteiger partial charge on any atom is 0.295 e. The monoisotopic (exact) mass is 298 g/mol. The average molecular weight is 299 g/mol. The van der Waals surface area contributed by atoms with E-state index in [-0.39, 0.29) is 11.7 Å². The Kier molecular flexibility index (Phi) is 4.07. The Morgan fingerprint density at radius 1 is 1.32 bits per heavy atom. The van der Waals surface area contributed by atoms with Crippen molar-refractivity contribution in [1.82, 2.24) is 15.2 Å². The normalized spacial score (nSPS) is 10.8. The van der Waals surface area contributed by atoms with Crippen molar-refractivity contribution in [1.29, 1.82) is 0 Å². The Balaban J connectivity index is 2.21. The molecule has 1 heterocycles. The van der Waals surface area contributed by atoms with E-state index in [0.717, 1.165) is 0 Å². The quantitative estimate of drug-likeness (QED) is 0.911. The first-order chi connectivity index (χ1) is 8.99. The van der Waals surface area contributed by atoms with Crippen LogP contribution in [-0.2, 0) is 0 Å². The summed E-state index contributed by atoms with van der Waals surface area (Å²) in [6, 6.07) is 4.98. The highest BCUT2D eigenvalue weighted by Gasteiger charge is 2.16. The Morgan fingerprint density at radius 3 is 2.47 bits per heavy atom. The van der Waals surface area contributed by atoms with Crippen molar-refractivity contribution >= 4 is 34.8 Å². The van der Waals surface area contributed by atoms with E-state index in [0.29, 0.717) is 21.6 Å². The largest absolute Gasteiger partial charge is 0.317 e. The third-order valence-electron chi connectivity index (χ3n) is 2.45. The molecule has 0 saturated heterocycles. The minimum Gasteiger partial charge on any atom is -0.317 e. The van der Waals surface area contributed by atoms with E-state index in [1.165, 1.54) is 0 Å². The standard InChI is InChI=1S/C12H12Cl2N4O/c1-6(2)10-16-11(18-17-10)12(19)15-9-7(13)4-3-5-8(9)14/h3-6H,1-2H3,(H,15,19)(H,16,17,18). The van der Waals surface area contributed by atoms with Crippen molar-refractivity contribution in [2.75, 3.05) is 5.32 Å². The van der Waals surface area contributed by atoms with Gasteiger partial charge in [0.05, 0.1) is 15.7 Å². The van der Waals surface area contributed by atoms with Crippen LogP contribution in [-0.4, -0.2) is 21.1 Å². The van der Waals surface area contributed by atoms with Gasteiger partial charge in [-0.3, -0.25) is 9.89 Å². The lowest BCUT2D eigenvalue weighted by molar-refractivity contribution is 0.101. The van der Waals surface area contributed by atoms with Crippen LogP contribution >= 0.6 is 23.2 Å². The topological polar surface area (TPSA) is 70.7 Å². The molecule has 0 spiro atoms. The Bertz CT molecular complexity index is 589. The van der Waals surface area contributed by atoms with E-state index >= 15 is 0 Å². The highest BCUT2D eigenvalue weighted by atomic mass is 35.5. The van der Waals surface area contributed by atoms with Gasteiger partial charge < -0.3 is 5.32 Å². The minimum atomic E-state index is -0.460. The number of hydrogen-bond acceptors (Lipinski definition) is 3. The van der Waals surface area contributed by atoms with Crippen molar-refractivity contribution in [3.05, 3.63) is 39.9 Å². The smallest absolute Gasteiger partial charge is 0.295 e. The predicted octanol–water partition coefficient (Wildman–Crippen LogP) is 3.49. The Morgan fingerprint density at radius 2 is 1.95 bits per heavy atom. The highest BCUT2D eigenvalue weighted by molar-refractivity contribution is 6.39. The average Bonchev–Trinajstić information content (AvgIpc) is 2.83. The third kappa shape index (κ3) is 3.05. The molecular formula is C12H12Cl2N4O. The summed E-state index contributed by atoms with van der Waals surface area (Å²) in [5, 5.41) is 9.89. The molecule has 1 aromatic heterocycles. The molecule has 0 unspecified atom stereocenters. The number of H-pyrrole nitrogens is 1. The second kappa shape index (κ2) is 5.59. The molecule has 0 aliphatic carbocycles. The second-order valence-corrected chi connectivity index (χ2v) is 5.06. The first-order valence-electron chi connectivity index (χ1n) is 5.66. The number of amides is 1. The maximum atomic E-state index is 12.0. The van der Waals surface area contributed by atoms with E-state index in [1.807, 2.05) is 13.8 Å². The SMILES string of the molecule is CC(C)c1nc(C(=O)Nc2c(Cl)cccc2Cl)n[nH]1. The Labute approximate surface area is 120 Å². The number of para-hydroxylation sites is 1. The van der Waals surface area contributed by atoms with E-state index in [9.17, 15) is 4.79 Å². The van der Waals surface area contributed by atoms with Gasteiger partial charge in [-0.2, -0.15) is 0 Å². The van der Waals surface area contributed by atoms with E-state index in [1.54, 1.807) is 18.2 Å². The molecule has 0 atom stereocenters. The number of hydrogen-bond donors (Lipinski definition) is 2. The van der Waals surface area contributed by atoms with E-state index in [2.05, 4.69) is 20.5 Å². The molecule has 0 fully saturated rings. The molecule has 0 aliphatic rings. The zero-order chi connectivity index (χ0) is 14.0. The molecule has 1 aromatic carbocycles. The van der Waals surface area contributed by atoms with Gasteiger partial charge in [0.2, 0.25) is 5.82 Å². The number of nitrogens with one attached hydrogen (secondary N) is 2. The summed E-state index contributed by atoms with van der Waals surface area (Å²) >= 11 is 11.9. The summed E-state index contributed by atoms with van der Waals surface area (Å²) in [5.41, 5.74) is 0.353. The fraction of sp³-hybridized carbons (Fsp3) is 0.250. The molecule has 100 valence electrons.